The Hall–Kier alpha value is -0.950. The lowest BCUT2D eigenvalue weighted by molar-refractivity contribution is 0.586. The number of halogens is 3. The minimum atomic E-state index is -0.199. The fourth-order valence-electron chi connectivity index (χ4n) is 2.66. The normalized spacial score (nSPS) is 13.1. The largest absolute Gasteiger partial charge is 0.275 e. The van der Waals surface area contributed by atoms with E-state index in [0.29, 0.717) is 20.8 Å². The van der Waals surface area contributed by atoms with Gasteiger partial charge in [-0.25, -0.2) is 0 Å². The van der Waals surface area contributed by atoms with Crippen molar-refractivity contribution in [2.24, 2.45) is 10.5 Å². The summed E-state index contributed by atoms with van der Waals surface area (Å²) in [5.41, 5.74) is 4.44. The standard InChI is InChI=1S/C24H23Cl3N2S3/c1-24(2,3)22(29-28-21-19(26)14-16(25)15-20(21)27)23(30-17-10-6-4-7-11-17)32-31-18-12-8-5-9-13-18/h4-15,23,28H,1-3H3/b29-22-/t23-/m1/s1. The number of rotatable bonds is 8. The maximum atomic E-state index is 6.37. The van der Waals surface area contributed by atoms with E-state index < -0.39 is 0 Å². The zero-order valence-corrected chi connectivity index (χ0v) is 22.5. The van der Waals surface area contributed by atoms with Crippen molar-refractivity contribution in [1.82, 2.24) is 0 Å². The third kappa shape index (κ3) is 7.54. The summed E-state index contributed by atoms with van der Waals surface area (Å²) in [5, 5.41) is 6.17. The number of nitrogens with one attached hydrogen (secondary N) is 1. The maximum Gasteiger partial charge on any atom is 0.106 e. The summed E-state index contributed by atoms with van der Waals surface area (Å²) in [6.07, 6.45) is 0. The first-order chi connectivity index (χ1) is 15.2. The van der Waals surface area contributed by atoms with Gasteiger partial charge in [-0.15, -0.1) is 11.8 Å². The summed E-state index contributed by atoms with van der Waals surface area (Å²) in [5.74, 6) is 0. The first-order valence-corrected chi connectivity index (χ1v) is 14.1. The molecule has 3 aromatic rings. The van der Waals surface area contributed by atoms with Crippen LogP contribution in [0.4, 0.5) is 5.69 Å². The smallest absolute Gasteiger partial charge is 0.106 e. The molecule has 1 atom stereocenters. The van der Waals surface area contributed by atoms with Crippen LogP contribution in [-0.4, -0.2) is 10.3 Å². The summed E-state index contributed by atoms with van der Waals surface area (Å²) in [6.45, 7) is 6.47. The van der Waals surface area contributed by atoms with Crippen LogP contribution in [0.25, 0.3) is 0 Å². The van der Waals surface area contributed by atoms with Gasteiger partial charge >= 0.3 is 0 Å². The lowest BCUT2D eigenvalue weighted by Gasteiger charge is -2.28. The molecule has 0 aliphatic heterocycles. The molecule has 0 heterocycles. The molecule has 8 heteroatoms. The van der Waals surface area contributed by atoms with Gasteiger partial charge < -0.3 is 0 Å². The molecule has 0 amide bonds. The molecule has 32 heavy (non-hydrogen) atoms. The van der Waals surface area contributed by atoms with Gasteiger partial charge in [-0.1, -0.05) is 114 Å². The van der Waals surface area contributed by atoms with Crippen LogP contribution in [0.15, 0.2) is 87.7 Å². The summed E-state index contributed by atoms with van der Waals surface area (Å²) in [4.78, 5) is 2.37. The van der Waals surface area contributed by atoms with Gasteiger partial charge in [-0.3, -0.25) is 5.43 Å². The number of hydrogen-bond acceptors (Lipinski definition) is 5. The van der Waals surface area contributed by atoms with Gasteiger partial charge in [0.2, 0.25) is 0 Å². The number of hydrogen-bond donors (Lipinski definition) is 1. The second-order valence-corrected chi connectivity index (χ2v) is 13.0. The van der Waals surface area contributed by atoms with Gasteiger partial charge in [0.1, 0.15) is 4.58 Å². The molecular formula is C24H23Cl3N2S3. The van der Waals surface area contributed by atoms with Crippen molar-refractivity contribution in [3.8, 4) is 0 Å². The molecule has 3 aromatic carbocycles. The van der Waals surface area contributed by atoms with Crippen molar-refractivity contribution >= 4 is 79.6 Å². The monoisotopic (exact) mass is 540 g/mol. The third-order valence-electron chi connectivity index (χ3n) is 4.25. The van der Waals surface area contributed by atoms with Crippen LogP contribution in [0.3, 0.4) is 0 Å². The van der Waals surface area contributed by atoms with Gasteiger partial charge in [0, 0.05) is 20.2 Å². The molecule has 0 saturated carbocycles. The van der Waals surface area contributed by atoms with Crippen molar-refractivity contribution in [2.75, 3.05) is 5.43 Å². The quantitative estimate of drug-likeness (QED) is 0.101. The Kier molecular flexibility index (Phi) is 9.59. The lowest BCUT2D eigenvalue weighted by atomic mass is 9.91. The summed E-state index contributed by atoms with van der Waals surface area (Å²) < 4.78 is 0.0416. The number of thioether (sulfide) groups is 1. The average molecular weight is 542 g/mol. The van der Waals surface area contributed by atoms with E-state index in [-0.39, 0.29) is 10.00 Å². The Bertz CT molecular complexity index is 1030. The lowest BCUT2D eigenvalue weighted by Crippen LogP contribution is -2.29. The van der Waals surface area contributed by atoms with Crippen LogP contribution in [0.1, 0.15) is 20.8 Å². The molecular weight excluding hydrogens is 519 g/mol. The van der Waals surface area contributed by atoms with Crippen molar-refractivity contribution in [1.29, 1.82) is 0 Å². The van der Waals surface area contributed by atoms with E-state index in [1.807, 2.05) is 36.4 Å². The molecule has 0 radical (unpaired) electrons. The number of anilines is 1. The summed E-state index contributed by atoms with van der Waals surface area (Å²) in [6, 6.07) is 24.0. The van der Waals surface area contributed by atoms with Crippen LogP contribution in [-0.2, 0) is 0 Å². The minimum absolute atomic E-state index is 0.0416. The Morgan fingerprint density at radius 1 is 0.844 bits per heavy atom. The Morgan fingerprint density at radius 2 is 1.38 bits per heavy atom. The van der Waals surface area contributed by atoms with Crippen LogP contribution >= 0.6 is 68.2 Å². The Balaban J connectivity index is 1.93. The highest BCUT2D eigenvalue weighted by Gasteiger charge is 2.30. The van der Waals surface area contributed by atoms with Crippen molar-refractivity contribution in [3.05, 3.63) is 87.9 Å². The van der Waals surface area contributed by atoms with E-state index in [2.05, 4.69) is 50.5 Å². The topological polar surface area (TPSA) is 24.4 Å². The molecule has 2 nitrogen and oxygen atoms in total. The average Bonchev–Trinajstić information content (AvgIpc) is 2.74. The maximum absolute atomic E-state index is 6.37. The molecule has 0 aliphatic rings. The van der Waals surface area contributed by atoms with Crippen molar-refractivity contribution < 1.29 is 0 Å². The Labute approximate surface area is 217 Å². The van der Waals surface area contributed by atoms with E-state index in [1.54, 1.807) is 45.5 Å². The zero-order valence-electron chi connectivity index (χ0n) is 17.8. The van der Waals surface area contributed by atoms with Crippen LogP contribution in [0, 0.1) is 5.41 Å². The van der Waals surface area contributed by atoms with Gasteiger partial charge in [-0.2, -0.15) is 5.10 Å². The first-order valence-electron chi connectivity index (χ1n) is 9.83. The second-order valence-electron chi connectivity index (χ2n) is 7.86. The molecule has 0 bridgehead atoms. The highest BCUT2D eigenvalue weighted by atomic mass is 35.5. The van der Waals surface area contributed by atoms with E-state index >= 15 is 0 Å². The number of hydrazone groups is 1. The second kappa shape index (κ2) is 12.0. The zero-order chi connectivity index (χ0) is 23.1. The third-order valence-corrected chi connectivity index (χ3v) is 9.39. The molecule has 0 aromatic heterocycles. The predicted molar refractivity (Wildman–Crippen MR) is 148 cm³/mol. The fourth-order valence-corrected chi connectivity index (χ4v) is 8.00. The van der Waals surface area contributed by atoms with Gasteiger partial charge in [0.05, 0.1) is 21.4 Å². The van der Waals surface area contributed by atoms with E-state index in [9.17, 15) is 0 Å². The number of nitrogens with zero attached hydrogens (tertiary/aromatic N) is 1. The van der Waals surface area contributed by atoms with Gasteiger partial charge in [0.15, 0.2) is 0 Å². The predicted octanol–water partition coefficient (Wildman–Crippen LogP) is 10.0. The molecule has 0 fully saturated rings. The molecule has 1 N–H and O–H groups in total. The van der Waals surface area contributed by atoms with E-state index in [0.717, 1.165) is 5.71 Å². The molecule has 0 aliphatic carbocycles. The van der Waals surface area contributed by atoms with E-state index in [1.165, 1.54) is 9.79 Å². The molecule has 3 rings (SSSR count). The highest BCUT2D eigenvalue weighted by molar-refractivity contribution is 8.78. The SMILES string of the molecule is CC(C)(C)/C(=N\Nc1c(Cl)cc(Cl)cc1Cl)[C@@H](SSc1ccccc1)Sc1ccccc1. The van der Waals surface area contributed by atoms with E-state index in [4.69, 9.17) is 39.9 Å². The summed E-state index contributed by atoms with van der Waals surface area (Å²) >= 11 is 20.6. The summed E-state index contributed by atoms with van der Waals surface area (Å²) in [7, 11) is 3.51. The first kappa shape index (κ1) is 25.7. The molecule has 0 saturated heterocycles. The van der Waals surface area contributed by atoms with Gasteiger partial charge in [-0.05, 0) is 36.4 Å². The molecule has 168 valence electrons. The van der Waals surface area contributed by atoms with Crippen LogP contribution in [0.5, 0.6) is 0 Å². The number of benzene rings is 3. The molecule has 0 spiro atoms. The highest BCUT2D eigenvalue weighted by Crippen LogP contribution is 2.45. The van der Waals surface area contributed by atoms with Crippen LogP contribution in [0.2, 0.25) is 15.1 Å². The van der Waals surface area contributed by atoms with Crippen LogP contribution < -0.4 is 5.43 Å². The van der Waals surface area contributed by atoms with Crippen molar-refractivity contribution in [3.63, 3.8) is 0 Å². The Morgan fingerprint density at radius 3 is 1.91 bits per heavy atom. The molecule has 0 unspecified atom stereocenters. The minimum Gasteiger partial charge on any atom is -0.275 e. The van der Waals surface area contributed by atoms with Gasteiger partial charge in [0.25, 0.3) is 0 Å². The fraction of sp³-hybridized carbons (Fsp3) is 0.208. The van der Waals surface area contributed by atoms with Crippen molar-refractivity contribution in [2.45, 2.75) is 35.1 Å².